The third-order valence-electron chi connectivity index (χ3n) is 6.76. The average molecular weight is 490 g/mol. The lowest BCUT2D eigenvalue weighted by Crippen LogP contribution is -2.61. The molecule has 2 aromatic carbocycles. The molecule has 2 heterocycles. The summed E-state index contributed by atoms with van der Waals surface area (Å²) in [5.41, 5.74) is -0.0571. The van der Waals surface area contributed by atoms with Crippen LogP contribution in [0.15, 0.2) is 48.5 Å². The number of nitrogens with one attached hydrogen (secondary N) is 1. The average Bonchev–Trinajstić information content (AvgIpc) is 3.55. The number of anilines is 1. The lowest BCUT2D eigenvalue weighted by atomic mass is 9.89. The summed E-state index contributed by atoms with van der Waals surface area (Å²) in [6, 6.07) is 13.2. The molecule has 0 aromatic heterocycles. The van der Waals surface area contributed by atoms with Crippen LogP contribution in [-0.4, -0.2) is 51.2 Å². The number of benzene rings is 2. The Kier molecular flexibility index (Phi) is 5.46. The minimum absolute atomic E-state index is 0.00219. The fourth-order valence-corrected chi connectivity index (χ4v) is 4.81. The molecule has 186 valence electrons. The van der Waals surface area contributed by atoms with Gasteiger partial charge >= 0.3 is 6.09 Å². The van der Waals surface area contributed by atoms with Crippen molar-refractivity contribution in [1.29, 1.82) is 0 Å². The summed E-state index contributed by atoms with van der Waals surface area (Å²) in [5, 5.41) is 3.21. The van der Waals surface area contributed by atoms with Crippen LogP contribution in [0.2, 0.25) is 0 Å². The highest BCUT2D eigenvalue weighted by atomic mass is 16.6. The van der Waals surface area contributed by atoms with Crippen molar-refractivity contribution in [2.45, 2.75) is 58.2 Å². The van der Waals surface area contributed by atoms with Crippen molar-refractivity contribution in [3.8, 4) is 0 Å². The van der Waals surface area contributed by atoms with Crippen molar-refractivity contribution < 1.29 is 28.7 Å². The second kappa shape index (κ2) is 8.29. The molecule has 5 amide bonds. The van der Waals surface area contributed by atoms with Crippen LogP contribution in [0.4, 0.5) is 10.5 Å². The van der Waals surface area contributed by atoms with Gasteiger partial charge in [0.05, 0.1) is 16.5 Å². The molecule has 3 aliphatic rings. The number of nitrogens with zero attached hydrogens (tertiary/aromatic N) is 2. The highest BCUT2D eigenvalue weighted by Crippen LogP contribution is 2.54. The van der Waals surface area contributed by atoms with Crippen LogP contribution in [0, 0.1) is 5.41 Å². The summed E-state index contributed by atoms with van der Waals surface area (Å²) < 4.78 is 5.31. The SMILES string of the molecule is CC(C)(C)OC(=O)N1C(=O)C(N2C(=O)c3cccc(NCc4ccccc4)c3C2=O)CC2(CC2)C1=O. The standard InChI is InChI=1S/C27H27N3O6/c1-26(2,3)36-25(35)30-22(32)19(14-27(12-13-27)24(30)34)29-21(31)17-10-7-11-18(20(17)23(29)33)28-15-16-8-5-4-6-9-16/h4-11,19,28H,12-15H2,1-3H3. The highest BCUT2D eigenvalue weighted by Gasteiger charge is 2.63. The lowest BCUT2D eigenvalue weighted by Gasteiger charge is -2.38. The second-order valence-electron chi connectivity index (χ2n) is 10.5. The van der Waals surface area contributed by atoms with E-state index >= 15 is 0 Å². The summed E-state index contributed by atoms with van der Waals surface area (Å²) in [5.74, 6) is -2.79. The van der Waals surface area contributed by atoms with E-state index in [9.17, 15) is 24.0 Å². The van der Waals surface area contributed by atoms with Gasteiger partial charge in [-0.25, -0.2) is 4.79 Å². The fourth-order valence-electron chi connectivity index (χ4n) is 4.81. The molecule has 2 fully saturated rings. The number of ether oxygens (including phenoxy) is 1. The van der Waals surface area contributed by atoms with E-state index in [-0.39, 0.29) is 17.5 Å². The van der Waals surface area contributed by atoms with E-state index in [0.29, 0.717) is 30.0 Å². The van der Waals surface area contributed by atoms with Gasteiger partial charge in [0.15, 0.2) is 0 Å². The monoisotopic (exact) mass is 489 g/mol. The summed E-state index contributed by atoms with van der Waals surface area (Å²) in [6.07, 6.45) is -0.137. The summed E-state index contributed by atoms with van der Waals surface area (Å²) in [4.78, 5) is 67.7. The zero-order valence-corrected chi connectivity index (χ0v) is 20.4. The van der Waals surface area contributed by atoms with Crippen molar-refractivity contribution in [3.05, 3.63) is 65.2 Å². The Morgan fingerprint density at radius 3 is 2.33 bits per heavy atom. The molecular formula is C27H27N3O6. The van der Waals surface area contributed by atoms with Crippen molar-refractivity contribution >= 4 is 35.4 Å². The van der Waals surface area contributed by atoms with Gasteiger partial charge in [-0.05, 0) is 57.7 Å². The van der Waals surface area contributed by atoms with Gasteiger partial charge < -0.3 is 10.1 Å². The Morgan fingerprint density at radius 1 is 1.00 bits per heavy atom. The molecular weight excluding hydrogens is 462 g/mol. The fraction of sp³-hybridized carbons (Fsp3) is 0.370. The van der Waals surface area contributed by atoms with Crippen molar-refractivity contribution in [3.63, 3.8) is 0 Å². The molecule has 9 heteroatoms. The van der Waals surface area contributed by atoms with Crippen molar-refractivity contribution in [2.24, 2.45) is 5.41 Å². The minimum atomic E-state index is -1.27. The van der Waals surface area contributed by atoms with E-state index in [1.807, 2.05) is 30.3 Å². The molecule has 2 aromatic rings. The lowest BCUT2D eigenvalue weighted by molar-refractivity contribution is -0.155. The van der Waals surface area contributed by atoms with Crippen LogP contribution in [0.3, 0.4) is 0 Å². The van der Waals surface area contributed by atoms with Crippen molar-refractivity contribution in [2.75, 3.05) is 5.32 Å². The molecule has 1 unspecified atom stereocenters. The molecule has 1 saturated carbocycles. The molecule has 1 aliphatic carbocycles. The van der Waals surface area contributed by atoms with E-state index in [4.69, 9.17) is 4.74 Å². The maximum atomic E-state index is 13.6. The van der Waals surface area contributed by atoms with Crippen LogP contribution < -0.4 is 5.32 Å². The Bertz CT molecular complexity index is 1290. The van der Waals surface area contributed by atoms with Gasteiger partial charge in [-0.1, -0.05) is 36.4 Å². The first kappa shape index (κ1) is 23.7. The molecule has 1 spiro atoms. The zero-order chi connectivity index (χ0) is 25.8. The summed E-state index contributed by atoms with van der Waals surface area (Å²) in [7, 11) is 0. The first-order valence-corrected chi connectivity index (χ1v) is 11.9. The number of likely N-dealkylation sites (tertiary alicyclic amines) is 1. The first-order valence-electron chi connectivity index (χ1n) is 11.9. The number of fused-ring (bicyclic) bond motifs is 1. The van der Waals surface area contributed by atoms with Gasteiger partial charge in [0.2, 0.25) is 5.91 Å². The second-order valence-corrected chi connectivity index (χ2v) is 10.5. The number of carbonyl (C=O) groups excluding carboxylic acids is 5. The molecule has 2 aliphatic heterocycles. The third-order valence-corrected chi connectivity index (χ3v) is 6.76. The number of rotatable bonds is 4. The Labute approximate surface area is 208 Å². The summed E-state index contributed by atoms with van der Waals surface area (Å²) >= 11 is 0. The van der Waals surface area contributed by atoms with Crippen LogP contribution in [0.1, 0.15) is 66.3 Å². The molecule has 36 heavy (non-hydrogen) atoms. The number of amides is 5. The normalized spacial score (nSPS) is 20.6. The third kappa shape index (κ3) is 3.94. The molecule has 5 rings (SSSR count). The molecule has 0 bridgehead atoms. The molecule has 1 saturated heterocycles. The van der Waals surface area contributed by atoms with Gasteiger partial charge in [-0.3, -0.25) is 24.1 Å². The van der Waals surface area contributed by atoms with Gasteiger partial charge in [0.25, 0.3) is 17.7 Å². The highest BCUT2D eigenvalue weighted by molar-refractivity contribution is 6.26. The van der Waals surface area contributed by atoms with Crippen LogP contribution in [-0.2, 0) is 20.9 Å². The van der Waals surface area contributed by atoms with E-state index in [2.05, 4.69) is 5.32 Å². The largest absolute Gasteiger partial charge is 0.443 e. The topological polar surface area (TPSA) is 113 Å². The molecule has 0 radical (unpaired) electrons. The van der Waals surface area contributed by atoms with Gasteiger partial charge in [0, 0.05) is 12.2 Å². The predicted octanol–water partition coefficient (Wildman–Crippen LogP) is 3.74. The number of piperidine rings is 1. The first-order chi connectivity index (χ1) is 17.0. The number of carbonyl (C=O) groups is 5. The zero-order valence-electron chi connectivity index (χ0n) is 20.4. The van der Waals surface area contributed by atoms with Gasteiger partial charge in [0.1, 0.15) is 11.6 Å². The van der Waals surface area contributed by atoms with E-state index in [1.54, 1.807) is 39.0 Å². The van der Waals surface area contributed by atoms with Crippen LogP contribution in [0.25, 0.3) is 0 Å². The van der Waals surface area contributed by atoms with Crippen molar-refractivity contribution in [1.82, 2.24) is 9.80 Å². The Morgan fingerprint density at radius 2 is 1.69 bits per heavy atom. The minimum Gasteiger partial charge on any atom is -0.443 e. The number of hydrogen-bond donors (Lipinski definition) is 1. The van der Waals surface area contributed by atoms with E-state index in [1.165, 1.54) is 0 Å². The van der Waals surface area contributed by atoms with E-state index in [0.717, 1.165) is 10.5 Å². The quantitative estimate of drug-likeness (QED) is 0.651. The molecule has 9 nitrogen and oxygen atoms in total. The van der Waals surface area contributed by atoms with Gasteiger partial charge in [-0.15, -0.1) is 0 Å². The van der Waals surface area contributed by atoms with Gasteiger partial charge in [-0.2, -0.15) is 4.90 Å². The Hall–Kier alpha value is -4.01. The molecule has 1 N–H and O–H groups in total. The Balaban J connectivity index is 1.45. The van der Waals surface area contributed by atoms with Crippen LogP contribution in [0.5, 0.6) is 0 Å². The van der Waals surface area contributed by atoms with Crippen LogP contribution >= 0.6 is 0 Å². The van der Waals surface area contributed by atoms with E-state index < -0.39 is 46.8 Å². The predicted molar refractivity (Wildman–Crippen MR) is 129 cm³/mol. The maximum Gasteiger partial charge on any atom is 0.424 e. The number of imide groups is 4. The number of hydrogen-bond acceptors (Lipinski definition) is 7. The summed E-state index contributed by atoms with van der Waals surface area (Å²) in [6.45, 7) is 5.32. The molecule has 1 atom stereocenters. The smallest absolute Gasteiger partial charge is 0.424 e. The maximum absolute atomic E-state index is 13.6.